The maximum absolute atomic E-state index is 13.3. The van der Waals surface area contributed by atoms with Gasteiger partial charge in [-0.15, -0.1) is 0 Å². The van der Waals surface area contributed by atoms with Crippen LogP contribution in [0.5, 0.6) is 0 Å². The van der Waals surface area contributed by atoms with Crippen LogP contribution in [-0.4, -0.2) is 23.4 Å². The van der Waals surface area contributed by atoms with Crippen molar-refractivity contribution in [3.63, 3.8) is 0 Å². The number of rotatable bonds is 4. The maximum Gasteiger partial charge on any atom is 0.239 e. The minimum Gasteiger partial charge on any atom is -0.334 e. The van der Waals surface area contributed by atoms with Gasteiger partial charge in [0.1, 0.15) is 5.82 Å². The van der Waals surface area contributed by atoms with Gasteiger partial charge in [-0.2, -0.15) is 0 Å². The molecule has 1 aliphatic heterocycles. The fraction of sp³-hybridized carbons (Fsp3) is 0.533. The number of hydrogen-bond acceptors (Lipinski definition) is 2. The van der Waals surface area contributed by atoms with Gasteiger partial charge in [0.25, 0.3) is 0 Å². The van der Waals surface area contributed by atoms with Gasteiger partial charge in [0.15, 0.2) is 0 Å². The average Bonchev–Trinajstić information content (AvgIpc) is 2.87. The minimum atomic E-state index is -0.431. The molecule has 1 aliphatic rings. The van der Waals surface area contributed by atoms with Crippen LogP contribution in [0.4, 0.5) is 4.39 Å². The lowest BCUT2D eigenvalue weighted by Gasteiger charge is -2.27. The first-order valence-electron chi connectivity index (χ1n) is 6.95. The third kappa shape index (κ3) is 3.13. The van der Waals surface area contributed by atoms with Crippen LogP contribution in [0.3, 0.4) is 0 Å². The number of likely N-dealkylation sites (tertiary alicyclic amines) is 1. The van der Waals surface area contributed by atoms with E-state index in [1.165, 1.54) is 12.1 Å². The van der Waals surface area contributed by atoms with Crippen molar-refractivity contribution in [2.45, 2.75) is 44.7 Å². The largest absolute Gasteiger partial charge is 0.334 e. The van der Waals surface area contributed by atoms with E-state index in [0.29, 0.717) is 6.42 Å². The second kappa shape index (κ2) is 6.15. The molecule has 2 rings (SSSR count). The Bertz CT molecular complexity index is 450. The number of nitrogens with zero attached hydrogens (tertiary/aromatic N) is 1. The summed E-state index contributed by atoms with van der Waals surface area (Å²) in [5.74, 6) is -0.261. The maximum atomic E-state index is 13.3. The highest BCUT2D eigenvalue weighted by molar-refractivity contribution is 5.82. The van der Waals surface area contributed by atoms with Crippen molar-refractivity contribution in [1.82, 2.24) is 4.90 Å². The topological polar surface area (TPSA) is 46.3 Å². The zero-order chi connectivity index (χ0) is 13.8. The summed E-state index contributed by atoms with van der Waals surface area (Å²) >= 11 is 0. The summed E-state index contributed by atoms with van der Waals surface area (Å²) in [6, 6.07) is 6.06. The van der Waals surface area contributed by atoms with E-state index in [9.17, 15) is 9.18 Å². The molecule has 2 unspecified atom stereocenters. The zero-order valence-electron chi connectivity index (χ0n) is 11.3. The Hall–Kier alpha value is -1.42. The van der Waals surface area contributed by atoms with E-state index in [1.807, 2.05) is 17.9 Å². The summed E-state index contributed by atoms with van der Waals surface area (Å²) in [4.78, 5) is 14.1. The molecule has 1 saturated heterocycles. The Morgan fingerprint density at radius 1 is 1.58 bits per heavy atom. The van der Waals surface area contributed by atoms with Crippen molar-refractivity contribution >= 4 is 5.91 Å². The molecule has 19 heavy (non-hydrogen) atoms. The molecule has 1 heterocycles. The van der Waals surface area contributed by atoms with E-state index in [-0.39, 0.29) is 17.8 Å². The molecule has 0 aromatic heterocycles. The van der Waals surface area contributed by atoms with Gasteiger partial charge < -0.3 is 10.6 Å². The Morgan fingerprint density at radius 2 is 2.37 bits per heavy atom. The fourth-order valence-corrected chi connectivity index (χ4v) is 2.74. The molecule has 1 fully saturated rings. The number of nitrogens with two attached hydrogens (primary N) is 1. The number of carbonyl (C=O) groups is 1. The molecule has 3 nitrogen and oxygen atoms in total. The Labute approximate surface area is 113 Å². The smallest absolute Gasteiger partial charge is 0.239 e. The quantitative estimate of drug-likeness (QED) is 0.908. The average molecular weight is 264 g/mol. The third-order valence-corrected chi connectivity index (χ3v) is 3.69. The van der Waals surface area contributed by atoms with E-state index in [0.717, 1.165) is 31.4 Å². The number of hydrogen-bond donors (Lipinski definition) is 1. The monoisotopic (exact) mass is 264 g/mol. The first kappa shape index (κ1) is 14.0. The van der Waals surface area contributed by atoms with Crippen LogP contribution in [-0.2, 0) is 4.79 Å². The minimum absolute atomic E-state index is 0.00592. The van der Waals surface area contributed by atoms with E-state index in [2.05, 4.69) is 0 Å². The van der Waals surface area contributed by atoms with Gasteiger partial charge in [-0.3, -0.25) is 4.79 Å². The summed E-state index contributed by atoms with van der Waals surface area (Å²) in [5.41, 5.74) is 6.78. The molecule has 2 N–H and O–H groups in total. The molecule has 1 amide bonds. The van der Waals surface area contributed by atoms with Crippen LogP contribution in [0.25, 0.3) is 0 Å². The van der Waals surface area contributed by atoms with E-state index in [1.54, 1.807) is 6.07 Å². The number of amides is 1. The summed E-state index contributed by atoms with van der Waals surface area (Å²) < 4.78 is 13.3. The van der Waals surface area contributed by atoms with Gasteiger partial charge in [-0.25, -0.2) is 4.39 Å². The second-order valence-electron chi connectivity index (χ2n) is 5.14. The van der Waals surface area contributed by atoms with Gasteiger partial charge in [0.2, 0.25) is 5.91 Å². The number of carbonyl (C=O) groups excluding carboxylic acids is 1. The molecular formula is C15H21FN2O. The lowest BCUT2D eigenvalue weighted by atomic mass is 10.0. The predicted octanol–water partition coefficient (Wildman–Crippen LogP) is 2.62. The molecule has 0 aliphatic carbocycles. The van der Waals surface area contributed by atoms with Crippen molar-refractivity contribution in [3.8, 4) is 0 Å². The number of benzene rings is 1. The van der Waals surface area contributed by atoms with E-state index in [4.69, 9.17) is 5.73 Å². The van der Waals surface area contributed by atoms with Crippen LogP contribution in [0.15, 0.2) is 24.3 Å². The van der Waals surface area contributed by atoms with E-state index < -0.39 is 6.04 Å². The Balaban J connectivity index is 2.15. The zero-order valence-corrected chi connectivity index (χ0v) is 11.3. The van der Waals surface area contributed by atoms with Crippen molar-refractivity contribution in [1.29, 1.82) is 0 Å². The highest BCUT2D eigenvalue weighted by atomic mass is 19.1. The predicted molar refractivity (Wildman–Crippen MR) is 73.0 cm³/mol. The molecule has 0 spiro atoms. The van der Waals surface area contributed by atoms with Crippen molar-refractivity contribution in [2.24, 2.45) is 5.73 Å². The lowest BCUT2D eigenvalue weighted by Crippen LogP contribution is -2.43. The standard InChI is InChI=1S/C15H21FN2O/c1-2-5-13(17)15(19)18-9-4-8-14(18)11-6-3-7-12(16)10-11/h3,6-7,10,13-14H,2,4-5,8-9,17H2,1H3. The van der Waals surface area contributed by atoms with Gasteiger partial charge >= 0.3 is 0 Å². The van der Waals surface area contributed by atoms with Crippen molar-refractivity contribution in [2.75, 3.05) is 6.54 Å². The Morgan fingerprint density at radius 3 is 3.05 bits per heavy atom. The fourth-order valence-electron chi connectivity index (χ4n) is 2.74. The van der Waals surface area contributed by atoms with Crippen LogP contribution in [0, 0.1) is 5.82 Å². The van der Waals surface area contributed by atoms with E-state index >= 15 is 0 Å². The van der Waals surface area contributed by atoms with Crippen molar-refractivity contribution < 1.29 is 9.18 Å². The summed E-state index contributed by atoms with van der Waals surface area (Å²) in [6.45, 7) is 2.73. The SMILES string of the molecule is CCCC(N)C(=O)N1CCCC1c1cccc(F)c1. The Kier molecular flexibility index (Phi) is 4.53. The molecule has 0 bridgehead atoms. The van der Waals surface area contributed by atoms with Gasteiger partial charge in [-0.05, 0) is 37.0 Å². The number of halogens is 1. The highest BCUT2D eigenvalue weighted by Gasteiger charge is 2.32. The van der Waals surface area contributed by atoms with Gasteiger partial charge in [0, 0.05) is 6.54 Å². The highest BCUT2D eigenvalue weighted by Crippen LogP contribution is 2.32. The van der Waals surface area contributed by atoms with Crippen LogP contribution in [0.1, 0.15) is 44.2 Å². The molecular weight excluding hydrogens is 243 g/mol. The van der Waals surface area contributed by atoms with Crippen LogP contribution < -0.4 is 5.73 Å². The van der Waals surface area contributed by atoms with Crippen LogP contribution in [0.2, 0.25) is 0 Å². The molecule has 1 aromatic rings. The molecule has 0 saturated carbocycles. The molecule has 0 radical (unpaired) electrons. The molecule has 4 heteroatoms. The third-order valence-electron chi connectivity index (χ3n) is 3.69. The first-order valence-corrected chi connectivity index (χ1v) is 6.95. The molecule has 1 aromatic carbocycles. The van der Waals surface area contributed by atoms with Crippen LogP contribution >= 0.6 is 0 Å². The van der Waals surface area contributed by atoms with Gasteiger partial charge in [-0.1, -0.05) is 25.5 Å². The summed E-state index contributed by atoms with van der Waals surface area (Å²) in [6.07, 6.45) is 3.43. The lowest BCUT2D eigenvalue weighted by molar-refractivity contribution is -0.133. The summed E-state index contributed by atoms with van der Waals surface area (Å²) in [5, 5.41) is 0. The van der Waals surface area contributed by atoms with Gasteiger partial charge in [0.05, 0.1) is 12.1 Å². The summed E-state index contributed by atoms with van der Waals surface area (Å²) in [7, 11) is 0. The molecule has 104 valence electrons. The van der Waals surface area contributed by atoms with Crippen molar-refractivity contribution in [3.05, 3.63) is 35.6 Å². The molecule has 2 atom stereocenters. The first-order chi connectivity index (χ1) is 9.13. The second-order valence-corrected chi connectivity index (χ2v) is 5.14. The normalized spacial score (nSPS) is 20.6.